The number of methoxy groups -OCH3 is 1. The highest BCUT2D eigenvalue weighted by molar-refractivity contribution is 5.99. The zero-order valence-electron chi connectivity index (χ0n) is 13.7. The molecule has 23 heavy (non-hydrogen) atoms. The topological polar surface area (TPSA) is 108 Å². The quantitative estimate of drug-likeness (QED) is 0.724. The second-order valence-electron chi connectivity index (χ2n) is 5.38. The molecule has 7 nitrogen and oxygen atoms in total. The van der Waals surface area contributed by atoms with Gasteiger partial charge in [-0.1, -0.05) is 26.0 Å². The van der Waals surface area contributed by atoms with Gasteiger partial charge in [0.05, 0.1) is 12.7 Å². The monoisotopic (exact) mass is 322 g/mol. The zero-order chi connectivity index (χ0) is 17.6. The van der Waals surface area contributed by atoms with Crippen LogP contribution in [-0.2, 0) is 14.3 Å². The SMILES string of the molecule is COc1ccccc1C(=O)N[C@H](C(=O)O[C@H](C)C(N)=O)C(C)C. The van der Waals surface area contributed by atoms with Gasteiger partial charge in [0.25, 0.3) is 11.8 Å². The van der Waals surface area contributed by atoms with E-state index in [1.165, 1.54) is 14.0 Å². The molecule has 1 aromatic rings. The Hall–Kier alpha value is -2.57. The molecule has 0 saturated carbocycles. The van der Waals surface area contributed by atoms with E-state index in [1.54, 1.807) is 38.1 Å². The molecule has 3 N–H and O–H groups in total. The van der Waals surface area contributed by atoms with Crippen LogP contribution in [0.3, 0.4) is 0 Å². The van der Waals surface area contributed by atoms with Crippen LogP contribution >= 0.6 is 0 Å². The van der Waals surface area contributed by atoms with E-state index in [2.05, 4.69) is 5.32 Å². The highest BCUT2D eigenvalue weighted by atomic mass is 16.5. The second kappa shape index (κ2) is 8.17. The Bertz CT molecular complexity index is 586. The van der Waals surface area contributed by atoms with Crippen molar-refractivity contribution in [1.82, 2.24) is 5.32 Å². The maximum absolute atomic E-state index is 12.4. The molecule has 1 aromatic carbocycles. The van der Waals surface area contributed by atoms with Crippen LogP contribution in [0.15, 0.2) is 24.3 Å². The Kier molecular flexibility index (Phi) is 6.56. The summed E-state index contributed by atoms with van der Waals surface area (Å²) in [5.41, 5.74) is 5.37. The summed E-state index contributed by atoms with van der Waals surface area (Å²) in [5.74, 6) is -1.77. The minimum atomic E-state index is -1.06. The molecule has 0 saturated heterocycles. The number of carbonyl (C=O) groups excluding carboxylic acids is 3. The number of rotatable bonds is 7. The molecule has 0 spiro atoms. The lowest BCUT2D eigenvalue weighted by atomic mass is 10.0. The predicted molar refractivity (Wildman–Crippen MR) is 83.8 cm³/mol. The third-order valence-electron chi connectivity index (χ3n) is 3.25. The lowest BCUT2D eigenvalue weighted by Gasteiger charge is -2.22. The van der Waals surface area contributed by atoms with E-state index in [0.29, 0.717) is 11.3 Å². The molecule has 1 rings (SSSR count). The van der Waals surface area contributed by atoms with Crippen LogP contribution in [0.1, 0.15) is 31.1 Å². The number of ether oxygens (including phenoxy) is 2. The van der Waals surface area contributed by atoms with Crippen molar-refractivity contribution >= 4 is 17.8 Å². The van der Waals surface area contributed by atoms with E-state index in [4.69, 9.17) is 15.2 Å². The van der Waals surface area contributed by atoms with E-state index in [9.17, 15) is 14.4 Å². The van der Waals surface area contributed by atoms with Gasteiger partial charge in [0.2, 0.25) is 0 Å². The minimum Gasteiger partial charge on any atom is -0.496 e. The van der Waals surface area contributed by atoms with Crippen molar-refractivity contribution in [3.8, 4) is 5.75 Å². The fourth-order valence-corrected chi connectivity index (χ4v) is 1.85. The number of amides is 2. The fraction of sp³-hybridized carbons (Fsp3) is 0.438. The summed E-state index contributed by atoms with van der Waals surface area (Å²) in [4.78, 5) is 35.5. The van der Waals surface area contributed by atoms with E-state index in [1.807, 2.05) is 0 Å². The highest BCUT2D eigenvalue weighted by Crippen LogP contribution is 2.18. The maximum Gasteiger partial charge on any atom is 0.329 e. The first kappa shape index (κ1) is 18.5. The number of carbonyl (C=O) groups is 3. The molecular formula is C16H22N2O5. The standard InChI is InChI=1S/C16H22N2O5/c1-9(2)13(16(21)23-10(3)14(17)19)18-15(20)11-7-5-6-8-12(11)22-4/h5-10,13H,1-4H3,(H2,17,19)(H,18,20)/t10-,13+/m1/s1. The van der Waals surface area contributed by atoms with Gasteiger partial charge >= 0.3 is 5.97 Å². The number of esters is 1. The van der Waals surface area contributed by atoms with Gasteiger partial charge in [-0.15, -0.1) is 0 Å². The molecular weight excluding hydrogens is 300 g/mol. The zero-order valence-corrected chi connectivity index (χ0v) is 13.7. The van der Waals surface area contributed by atoms with Crippen molar-refractivity contribution in [2.45, 2.75) is 32.9 Å². The van der Waals surface area contributed by atoms with Crippen molar-refractivity contribution < 1.29 is 23.9 Å². The van der Waals surface area contributed by atoms with Crippen LogP contribution in [0, 0.1) is 5.92 Å². The summed E-state index contributed by atoms with van der Waals surface area (Å²) in [6.45, 7) is 4.88. The summed E-state index contributed by atoms with van der Waals surface area (Å²) in [5, 5.41) is 2.61. The van der Waals surface area contributed by atoms with Crippen molar-refractivity contribution in [3.63, 3.8) is 0 Å². The smallest absolute Gasteiger partial charge is 0.329 e. The van der Waals surface area contributed by atoms with Crippen LogP contribution < -0.4 is 15.8 Å². The molecule has 0 aliphatic rings. The lowest BCUT2D eigenvalue weighted by molar-refractivity contribution is -0.156. The van der Waals surface area contributed by atoms with Crippen molar-refractivity contribution in [2.24, 2.45) is 11.7 Å². The minimum absolute atomic E-state index is 0.235. The molecule has 2 amide bonds. The van der Waals surface area contributed by atoms with Gasteiger partial charge in [-0.05, 0) is 25.0 Å². The molecule has 126 valence electrons. The summed E-state index contributed by atoms with van der Waals surface area (Å²) in [7, 11) is 1.45. The molecule has 7 heteroatoms. The molecule has 0 fully saturated rings. The summed E-state index contributed by atoms with van der Waals surface area (Å²) in [6.07, 6.45) is -1.06. The third-order valence-corrected chi connectivity index (χ3v) is 3.25. The molecule has 0 bridgehead atoms. The van der Waals surface area contributed by atoms with Gasteiger partial charge in [-0.2, -0.15) is 0 Å². The predicted octanol–water partition coefficient (Wildman–Crippen LogP) is 0.867. The molecule has 0 aliphatic heterocycles. The fourth-order valence-electron chi connectivity index (χ4n) is 1.85. The Morgan fingerprint density at radius 2 is 1.74 bits per heavy atom. The number of primary amides is 1. The van der Waals surface area contributed by atoms with Gasteiger partial charge in [0.15, 0.2) is 6.10 Å². The molecule has 0 unspecified atom stereocenters. The number of nitrogens with one attached hydrogen (secondary N) is 1. The molecule has 0 aromatic heterocycles. The maximum atomic E-state index is 12.4. The molecule has 2 atom stereocenters. The summed E-state index contributed by atoms with van der Waals surface area (Å²) >= 11 is 0. The Labute approximate surface area is 135 Å². The van der Waals surface area contributed by atoms with E-state index in [-0.39, 0.29) is 5.92 Å². The van der Waals surface area contributed by atoms with Crippen molar-refractivity contribution in [3.05, 3.63) is 29.8 Å². The van der Waals surface area contributed by atoms with E-state index < -0.39 is 29.9 Å². The highest BCUT2D eigenvalue weighted by Gasteiger charge is 2.29. The van der Waals surface area contributed by atoms with Crippen LogP contribution in [0.4, 0.5) is 0 Å². The first-order valence-corrected chi connectivity index (χ1v) is 7.21. The first-order chi connectivity index (χ1) is 10.8. The number of hydrogen-bond acceptors (Lipinski definition) is 5. The van der Waals surface area contributed by atoms with Gasteiger partial charge in [0, 0.05) is 0 Å². The molecule has 0 heterocycles. The lowest BCUT2D eigenvalue weighted by Crippen LogP contribution is -2.47. The Morgan fingerprint density at radius 3 is 2.26 bits per heavy atom. The number of benzene rings is 1. The van der Waals surface area contributed by atoms with Crippen molar-refractivity contribution in [2.75, 3.05) is 7.11 Å². The van der Waals surface area contributed by atoms with Gasteiger partial charge in [-0.25, -0.2) is 4.79 Å². The average molecular weight is 322 g/mol. The van der Waals surface area contributed by atoms with Gasteiger partial charge in [0.1, 0.15) is 11.8 Å². The van der Waals surface area contributed by atoms with E-state index in [0.717, 1.165) is 0 Å². The van der Waals surface area contributed by atoms with Crippen molar-refractivity contribution in [1.29, 1.82) is 0 Å². The Morgan fingerprint density at radius 1 is 1.13 bits per heavy atom. The largest absolute Gasteiger partial charge is 0.496 e. The number of hydrogen-bond donors (Lipinski definition) is 2. The van der Waals surface area contributed by atoms with Crippen LogP contribution in [0.25, 0.3) is 0 Å². The molecule has 0 aliphatic carbocycles. The van der Waals surface area contributed by atoms with Crippen LogP contribution in [0.2, 0.25) is 0 Å². The average Bonchev–Trinajstić information content (AvgIpc) is 2.51. The Balaban J connectivity index is 2.89. The van der Waals surface area contributed by atoms with Crippen LogP contribution in [0.5, 0.6) is 5.75 Å². The van der Waals surface area contributed by atoms with Gasteiger partial charge in [-0.3, -0.25) is 9.59 Å². The van der Waals surface area contributed by atoms with Gasteiger partial charge < -0.3 is 20.5 Å². The number of para-hydroxylation sites is 1. The normalized spacial score (nSPS) is 13.1. The van der Waals surface area contributed by atoms with E-state index >= 15 is 0 Å². The third kappa shape index (κ3) is 4.98. The summed E-state index contributed by atoms with van der Waals surface area (Å²) < 4.78 is 10.1. The summed E-state index contributed by atoms with van der Waals surface area (Å²) in [6, 6.07) is 5.75. The van der Waals surface area contributed by atoms with Crippen LogP contribution in [-0.4, -0.2) is 37.0 Å². The molecule has 0 radical (unpaired) electrons. The first-order valence-electron chi connectivity index (χ1n) is 7.21. The second-order valence-corrected chi connectivity index (χ2v) is 5.38. The number of nitrogens with two attached hydrogens (primary N) is 1.